The van der Waals surface area contributed by atoms with Gasteiger partial charge in [0.05, 0.1) is 23.2 Å². The van der Waals surface area contributed by atoms with Gasteiger partial charge in [-0.25, -0.2) is 4.98 Å². The summed E-state index contributed by atoms with van der Waals surface area (Å²) in [7, 11) is 0. The zero-order valence-electron chi connectivity index (χ0n) is 13.9. The van der Waals surface area contributed by atoms with Crippen LogP contribution >= 0.6 is 22.9 Å². The SMILES string of the molecule is O=C(Cc1nnc(Cc2nc3cc(Cl)ccc3s2)o1)NCC1(CO)CC1. The number of aliphatic hydroxyl groups is 1. The second-order valence-corrected chi connectivity index (χ2v) is 8.15. The maximum atomic E-state index is 12.0. The highest BCUT2D eigenvalue weighted by molar-refractivity contribution is 7.18. The fourth-order valence-electron chi connectivity index (χ4n) is 2.64. The summed E-state index contributed by atoms with van der Waals surface area (Å²) >= 11 is 7.52. The molecule has 26 heavy (non-hydrogen) atoms. The van der Waals surface area contributed by atoms with Crippen molar-refractivity contribution in [2.45, 2.75) is 25.7 Å². The Bertz CT molecular complexity index is 951. The van der Waals surface area contributed by atoms with Crippen LogP contribution in [-0.2, 0) is 17.6 Å². The molecule has 0 aliphatic heterocycles. The van der Waals surface area contributed by atoms with E-state index in [1.54, 1.807) is 11.3 Å². The first-order valence-electron chi connectivity index (χ1n) is 8.29. The molecule has 1 aliphatic carbocycles. The number of hydrogen-bond donors (Lipinski definition) is 2. The third kappa shape index (κ3) is 3.87. The molecule has 9 heteroatoms. The van der Waals surface area contributed by atoms with Gasteiger partial charge in [-0.15, -0.1) is 21.5 Å². The highest BCUT2D eigenvalue weighted by Crippen LogP contribution is 2.44. The summed E-state index contributed by atoms with van der Waals surface area (Å²) in [5.74, 6) is 0.511. The van der Waals surface area contributed by atoms with E-state index in [2.05, 4.69) is 20.5 Å². The standard InChI is InChI=1S/C17H17ClN4O3S/c18-10-1-2-12-11(5-10)20-16(26-12)7-15-22-21-14(25-15)6-13(24)19-8-17(9-23)3-4-17/h1-2,5,23H,3-4,6-9H2,(H,19,24). The molecular weight excluding hydrogens is 376 g/mol. The predicted molar refractivity (Wildman–Crippen MR) is 97.2 cm³/mol. The molecule has 1 aliphatic rings. The number of benzene rings is 1. The van der Waals surface area contributed by atoms with E-state index in [1.807, 2.05) is 18.2 Å². The van der Waals surface area contributed by atoms with Crippen molar-refractivity contribution in [3.05, 3.63) is 40.0 Å². The molecular formula is C17H17ClN4O3S. The first-order valence-corrected chi connectivity index (χ1v) is 9.48. The Morgan fingerprint density at radius 1 is 1.35 bits per heavy atom. The lowest BCUT2D eigenvalue weighted by molar-refractivity contribution is -0.121. The number of halogens is 1. The van der Waals surface area contributed by atoms with Crippen molar-refractivity contribution >= 4 is 39.1 Å². The number of aliphatic hydroxyl groups excluding tert-OH is 1. The highest BCUT2D eigenvalue weighted by Gasteiger charge is 2.42. The van der Waals surface area contributed by atoms with Crippen LogP contribution in [0.4, 0.5) is 0 Å². The minimum Gasteiger partial charge on any atom is -0.424 e. The van der Waals surface area contributed by atoms with Gasteiger partial charge in [0, 0.05) is 17.0 Å². The fraction of sp³-hybridized carbons (Fsp3) is 0.412. The molecule has 1 aromatic carbocycles. The molecule has 2 heterocycles. The molecule has 0 unspecified atom stereocenters. The Morgan fingerprint density at radius 3 is 2.92 bits per heavy atom. The van der Waals surface area contributed by atoms with Crippen molar-refractivity contribution in [3.8, 4) is 0 Å². The van der Waals surface area contributed by atoms with E-state index in [4.69, 9.17) is 16.0 Å². The van der Waals surface area contributed by atoms with Crippen LogP contribution in [0.1, 0.15) is 29.6 Å². The first-order chi connectivity index (χ1) is 12.5. The summed E-state index contributed by atoms with van der Waals surface area (Å²) in [5, 5.41) is 21.5. The van der Waals surface area contributed by atoms with Crippen molar-refractivity contribution < 1.29 is 14.3 Å². The van der Waals surface area contributed by atoms with Crippen LogP contribution in [0.3, 0.4) is 0 Å². The van der Waals surface area contributed by atoms with Crippen LogP contribution in [0.25, 0.3) is 10.2 Å². The smallest absolute Gasteiger partial charge is 0.229 e. The number of carbonyl (C=O) groups is 1. The van der Waals surface area contributed by atoms with Gasteiger partial charge >= 0.3 is 0 Å². The molecule has 2 aromatic heterocycles. The van der Waals surface area contributed by atoms with Crippen molar-refractivity contribution in [2.24, 2.45) is 5.41 Å². The lowest BCUT2D eigenvalue weighted by Gasteiger charge is -2.11. The van der Waals surface area contributed by atoms with Crippen molar-refractivity contribution in [1.29, 1.82) is 0 Å². The molecule has 1 fully saturated rings. The number of aromatic nitrogens is 3. The Hall–Kier alpha value is -2.03. The lowest BCUT2D eigenvalue weighted by atomic mass is 10.1. The largest absolute Gasteiger partial charge is 0.424 e. The molecule has 0 radical (unpaired) electrons. The van der Waals surface area contributed by atoms with Gasteiger partial charge in [-0.3, -0.25) is 4.79 Å². The number of fused-ring (bicyclic) bond motifs is 1. The van der Waals surface area contributed by atoms with E-state index in [9.17, 15) is 9.90 Å². The van der Waals surface area contributed by atoms with Gasteiger partial charge in [-0.05, 0) is 31.0 Å². The number of nitrogens with one attached hydrogen (secondary N) is 1. The molecule has 1 amide bonds. The van der Waals surface area contributed by atoms with Gasteiger partial charge in [0.15, 0.2) is 0 Å². The predicted octanol–water partition coefficient (Wildman–Crippen LogP) is 2.35. The molecule has 0 saturated heterocycles. The summed E-state index contributed by atoms with van der Waals surface area (Å²) in [6.45, 7) is 0.586. The number of nitrogens with zero attached hydrogens (tertiary/aromatic N) is 3. The van der Waals surface area contributed by atoms with Crippen LogP contribution < -0.4 is 5.32 Å². The third-order valence-corrected chi connectivity index (χ3v) is 5.74. The Morgan fingerprint density at radius 2 is 2.15 bits per heavy atom. The highest BCUT2D eigenvalue weighted by atomic mass is 35.5. The van der Waals surface area contributed by atoms with Gasteiger partial charge in [0.1, 0.15) is 11.4 Å². The van der Waals surface area contributed by atoms with Crippen molar-refractivity contribution in [2.75, 3.05) is 13.2 Å². The number of carbonyl (C=O) groups excluding carboxylic acids is 1. The zero-order valence-corrected chi connectivity index (χ0v) is 15.4. The van der Waals surface area contributed by atoms with Gasteiger partial charge in [-0.2, -0.15) is 0 Å². The number of rotatable bonds is 7. The zero-order chi connectivity index (χ0) is 18.1. The molecule has 3 aromatic rings. The van der Waals surface area contributed by atoms with E-state index in [-0.39, 0.29) is 30.2 Å². The Kier molecular flexibility index (Phi) is 4.64. The third-order valence-electron chi connectivity index (χ3n) is 4.47. The van der Waals surface area contributed by atoms with Crippen LogP contribution in [-0.4, -0.2) is 39.3 Å². The van der Waals surface area contributed by atoms with Crippen molar-refractivity contribution in [3.63, 3.8) is 0 Å². The van der Waals surface area contributed by atoms with E-state index >= 15 is 0 Å². The van der Waals surface area contributed by atoms with E-state index in [1.165, 1.54) is 0 Å². The Labute approximate surface area is 158 Å². The second kappa shape index (κ2) is 6.94. The maximum absolute atomic E-state index is 12.0. The summed E-state index contributed by atoms with van der Waals surface area (Å²) in [6.07, 6.45) is 2.34. The van der Waals surface area contributed by atoms with E-state index < -0.39 is 0 Å². The first kappa shape index (κ1) is 17.4. The lowest BCUT2D eigenvalue weighted by Crippen LogP contribution is -2.32. The van der Waals surface area contributed by atoms with Crippen LogP contribution in [0.2, 0.25) is 5.02 Å². The normalized spacial score (nSPS) is 15.3. The van der Waals surface area contributed by atoms with Crippen LogP contribution in [0.15, 0.2) is 22.6 Å². The summed E-state index contributed by atoms with van der Waals surface area (Å²) in [4.78, 5) is 16.5. The molecule has 0 atom stereocenters. The van der Waals surface area contributed by atoms with Gasteiger partial charge < -0.3 is 14.8 Å². The summed E-state index contributed by atoms with van der Waals surface area (Å²) in [5.41, 5.74) is 0.722. The van der Waals surface area contributed by atoms with E-state index in [0.29, 0.717) is 23.9 Å². The minimum absolute atomic E-state index is 0.0317. The molecule has 4 rings (SSSR count). The average molecular weight is 393 g/mol. The Balaban J connectivity index is 1.35. The minimum atomic E-state index is -0.186. The molecule has 1 saturated carbocycles. The topological polar surface area (TPSA) is 101 Å². The van der Waals surface area contributed by atoms with Crippen molar-refractivity contribution in [1.82, 2.24) is 20.5 Å². The molecule has 0 spiro atoms. The number of hydrogen-bond acceptors (Lipinski definition) is 7. The summed E-state index contributed by atoms with van der Waals surface area (Å²) < 4.78 is 6.60. The monoisotopic (exact) mass is 392 g/mol. The van der Waals surface area contributed by atoms with Gasteiger partial charge in [0.25, 0.3) is 0 Å². The number of thiazole rings is 1. The number of amides is 1. The van der Waals surface area contributed by atoms with Crippen LogP contribution in [0, 0.1) is 5.41 Å². The molecule has 136 valence electrons. The fourth-order valence-corrected chi connectivity index (χ4v) is 3.74. The molecule has 0 bridgehead atoms. The average Bonchev–Trinajstić information content (AvgIpc) is 3.11. The van der Waals surface area contributed by atoms with E-state index in [0.717, 1.165) is 28.1 Å². The van der Waals surface area contributed by atoms with Gasteiger partial charge in [-0.1, -0.05) is 11.6 Å². The quantitative estimate of drug-likeness (QED) is 0.640. The van der Waals surface area contributed by atoms with Gasteiger partial charge in [0.2, 0.25) is 17.7 Å². The second-order valence-electron chi connectivity index (χ2n) is 6.60. The molecule has 7 nitrogen and oxygen atoms in total. The molecule has 2 N–H and O–H groups in total. The summed E-state index contributed by atoms with van der Waals surface area (Å²) in [6, 6.07) is 5.58. The maximum Gasteiger partial charge on any atom is 0.229 e. The van der Waals surface area contributed by atoms with Crippen LogP contribution in [0.5, 0.6) is 0 Å².